The number of carbonyl (C=O) groups excluding carboxylic acids is 5. The number of carboxylic acids is 1. The van der Waals surface area contributed by atoms with Crippen molar-refractivity contribution < 1.29 is 38.6 Å². The number of primary amides is 1. The minimum Gasteiger partial charge on any atom is -0.481 e. The molecule has 0 saturated heterocycles. The van der Waals surface area contributed by atoms with E-state index in [1.165, 1.54) is 7.05 Å². The molecule has 0 radical (unpaired) electrons. The van der Waals surface area contributed by atoms with Crippen molar-refractivity contribution in [2.75, 3.05) is 7.05 Å². The van der Waals surface area contributed by atoms with Crippen LogP contribution in [0.5, 0.6) is 0 Å². The van der Waals surface area contributed by atoms with Crippen molar-refractivity contribution in [3.8, 4) is 0 Å². The van der Waals surface area contributed by atoms with E-state index < -0.39 is 71.9 Å². The molecule has 14 nitrogen and oxygen atoms in total. The van der Waals surface area contributed by atoms with E-state index in [-0.39, 0.29) is 6.42 Å². The zero-order valence-corrected chi connectivity index (χ0v) is 30.9. The monoisotopic (exact) mass is 748 g/mol. The number of aliphatic carboxylic acids is 1. The summed E-state index contributed by atoms with van der Waals surface area (Å²) in [7, 11) is 1.37. The second-order valence-corrected chi connectivity index (χ2v) is 14.1. The van der Waals surface area contributed by atoms with Gasteiger partial charge in [0.05, 0.1) is 6.42 Å². The number of carbonyl (C=O) groups is 6. The molecule has 5 amide bonds. The number of aromatic amines is 1. The first kappa shape index (κ1) is 39.5. The first-order valence-corrected chi connectivity index (χ1v) is 17.6. The van der Waals surface area contributed by atoms with Crippen LogP contribution in [-0.4, -0.2) is 75.4 Å². The number of fused-ring (bicyclic) bond motifs is 2. The topological polar surface area (TPSA) is 213 Å². The van der Waals surface area contributed by atoms with Gasteiger partial charge < -0.3 is 41.4 Å². The molecule has 286 valence electrons. The molecule has 7 N–H and O–H groups in total. The molecule has 1 aromatic heterocycles. The molecule has 4 atom stereocenters. The summed E-state index contributed by atoms with van der Waals surface area (Å²) in [4.78, 5) is 84.6. The van der Waals surface area contributed by atoms with Crippen LogP contribution in [0.1, 0.15) is 56.0 Å². The van der Waals surface area contributed by atoms with Gasteiger partial charge in [-0.3, -0.25) is 24.0 Å². The fraction of sp³-hybridized carbons (Fsp3) is 0.268. The summed E-state index contributed by atoms with van der Waals surface area (Å²) < 4.78 is 5.48. The Hall–Kier alpha value is -6.70. The van der Waals surface area contributed by atoms with Crippen LogP contribution in [0, 0.1) is 0 Å². The number of nitrogens with two attached hydrogens (primary N) is 1. The van der Waals surface area contributed by atoms with Crippen LogP contribution in [0.3, 0.4) is 0 Å². The highest BCUT2D eigenvalue weighted by Crippen LogP contribution is 2.26. The summed E-state index contributed by atoms with van der Waals surface area (Å²) in [6.45, 7) is 5.05. The number of amides is 5. The lowest BCUT2D eigenvalue weighted by molar-refractivity contribution is -0.144. The highest BCUT2D eigenvalue weighted by Gasteiger charge is 2.37. The summed E-state index contributed by atoms with van der Waals surface area (Å²) >= 11 is 0. The minimum absolute atomic E-state index is 0.0161. The molecule has 14 heteroatoms. The Balaban J connectivity index is 1.45. The number of nitrogens with one attached hydrogen (secondary N) is 4. The maximum Gasteiger partial charge on any atom is 0.408 e. The van der Waals surface area contributed by atoms with Crippen molar-refractivity contribution >= 4 is 57.4 Å². The summed E-state index contributed by atoms with van der Waals surface area (Å²) in [5.41, 5.74) is 7.11. The van der Waals surface area contributed by atoms with Gasteiger partial charge in [-0.1, -0.05) is 91.0 Å². The Morgan fingerprint density at radius 2 is 1.42 bits per heavy atom. The predicted octanol–water partition coefficient (Wildman–Crippen LogP) is 4.26. The summed E-state index contributed by atoms with van der Waals surface area (Å²) in [5.74, 6) is -4.88. The largest absolute Gasteiger partial charge is 0.481 e. The molecule has 55 heavy (non-hydrogen) atoms. The van der Waals surface area contributed by atoms with Crippen molar-refractivity contribution in [1.29, 1.82) is 0 Å². The lowest BCUT2D eigenvalue weighted by atomic mass is 9.97. The fourth-order valence-electron chi connectivity index (χ4n) is 6.41. The molecular weight excluding hydrogens is 704 g/mol. The maximum atomic E-state index is 14.4. The first-order chi connectivity index (χ1) is 26.1. The van der Waals surface area contributed by atoms with E-state index >= 15 is 0 Å². The molecule has 0 bridgehead atoms. The Morgan fingerprint density at radius 1 is 0.782 bits per heavy atom. The van der Waals surface area contributed by atoms with Gasteiger partial charge in [-0.25, -0.2) is 4.79 Å². The number of ether oxygens (including phenoxy) is 1. The first-order valence-electron chi connectivity index (χ1n) is 17.6. The number of hydrogen-bond donors (Lipinski definition) is 6. The summed E-state index contributed by atoms with van der Waals surface area (Å²) in [6.07, 6.45) is 0.0346. The normalized spacial score (nSPS) is 13.5. The van der Waals surface area contributed by atoms with Gasteiger partial charge in [0.2, 0.25) is 23.6 Å². The zero-order valence-electron chi connectivity index (χ0n) is 30.9. The van der Waals surface area contributed by atoms with Crippen LogP contribution in [0.2, 0.25) is 0 Å². The average Bonchev–Trinajstić information content (AvgIpc) is 3.54. The van der Waals surface area contributed by atoms with Crippen molar-refractivity contribution in [2.45, 2.75) is 63.4 Å². The highest BCUT2D eigenvalue weighted by molar-refractivity contribution is 5.99. The van der Waals surface area contributed by atoms with Crippen LogP contribution < -0.4 is 21.7 Å². The lowest BCUT2D eigenvalue weighted by Gasteiger charge is -2.32. The molecular formula is C41H44N6O8. The maximum absolute atomic E-state index is 14.4. The number of likely N-dealkylation sites (N-methyl/N-ethyl adjacent to an activating group) is 1. The molecule has 4 aromatic carbocycles. The van der Waals surface area contributed by atoms with Crippen LogP contribution in [0.25, 0.3) is 21.7 Å². The standard InChI is InChI=1S/C41H44N6O8/c1-41(2,3)55-40(54)45-32(21-26-23-43-30-20-11-10-18-28(26)30)39(53)47(4)35(25-14-6-5-7-15-25)38(52)44-31(22-33(48)49)37(51)46-34(36(42)50)29-19-12-16-24-13-8-9-17-27(24)29/h5-20,23,31-32,34-35,43H,21-22H2,1-4H3,(H2,42,50)(H,44,52)(H,45,54)(H,46,51)(H,48,49)/t31-,32-,34-,35-/m0/s1. The van der Waals surface area contributed by atoms with E-state index in [1.54, 1.807) is 81.6 Å². The van der Waals surface area contributed by atoms with E-state index in [0.717, 1.165) is 21.2 Å². The molecule has 0 aliphatic carbocycles. The van der Waals surface area contributed by atoms with Gasteiger partial charge in [0, 0.05) is 30.6 Å². The summed E-state index contributed by atoms with van der Waals surface area (Å²) in [5, 5.41) is 19.7. The van der Waals surface area contributed by atoms with Crippen molar-refractivity contribution in [3.05, 3.63) is 120 Å². The number of hydrogen-bond acceptors (Lipinski definition) is 7. The number of rotatable bonds is 14. The number of para-hydroxylation sites is 1. The van der Waals surface area contributed by atoms with Crippen molar-refractivity contribution in [3.63, 3.8) is 0 Å². The Bertz CT molecular complexity index is 2210. The van der Waals surface area contributed by atoms with E-state index in [9.17, 15) is 33.9 Å². The van der Waals surface area contributed by atoms with Gasteiger partial charge in [0.1, 0.15) is 29.8 Å². The summed E-state index contributed by atoms with van der Waals surface area (Å²) in [6, 6.07) is 22.2. The van der Waals surface area contributed by atoms with Crippen LogP contribution >= 0.6 is 0 Å². The molecule has 5 rings (SSSR count). The van der Waals surface area contributed by atoms with Gasteiger partial charge >= 0.3 is 12.1 Å². The highest BCUT2D eigenvalue weighted by atomic mass is 16.6. The van der Waals surface area contributed by atoms with Gasteiger partial charge in [-0.05, 0) is 54.3 Å². The van der Waals surface area contributed by atoms with E-state index in [4.69, 9.17) is 10.5 Å². The van der Waals surface area contributed by atoms with Gasteiger partial charge in [0.15, 0.2) is 0 Å². The fourth-order valence-corrected chi connectivity index (χ4v) is 6.41. The van der Waals surface area contributed by atoms with E-state index in [0.29, 0.717) is 22.1 Å². The average molecular weight is 749 g/mol. The molecule has 1 heterocycles. The van der Waals surface area contributed by atoms with Gasteiger partial charge in [-0.2, -0.15) is 0 Å². The van der Waals surface area contributed by atoms with Gasteiger partial charge in [0.25, 0.3) is 0 Å². The number of alkyl carbamates (subject to hydrolysis) is 1. The molecule has 0 fully saturated rings. The third-order valence-electron chi connectivity index (χ3n) is 8.90. The molecule has 5 aromatic rings. The van der Waals surface area contributed by atoms with E-state index in [1.807, 2.05) is 42.5 Å². The number of benzene rings is 4. The Kier molecular flexibility index (Phi) is 12.2. The zero-order chi connectivity index (χ0) is 39.9. The molecule has 0 saturated carbocycles. The Morgan fingerprint density at radius 3 is 2.09 bits per heavy atom. The lowest BCUT2D eigenvalue weighted by Crippen LogP contribution is -2.55. The number of aromatic nitrogens is 1. The van der Waals surface area contributed by atoms with Gasteiger partial charge in [-0.15, -0.1) is 0 Å². The quantitative estimate of drug-likeness (QED) is 0.0964. The second-order valence-electron chi connectivity index (χ2n) is 14.1. The van der Waals surface area contributed by atoms with Crippen LogP contribution in [0.15, 0.2) is 103 Å². The SMILES string of the molecule is CN(C(=O)[C@H](Cc1c[nH]c2ccccc12)NC(=O)OC(C)(C)C)[C@H](C(=O)N[C@@H](CC(=O)O)C(=O)N[C@H](C(N)=O)c1cccc2ccccc12)c1ccccc1. The smallest absolute Gasteiger partial charge is 0.408 e. The van der Waals surface area contributed by atoms with Crippen LogP contribution in [0.4, 0.5) is 4.79 Å². The minimum atomic E-state index is -1.70. The molecule has 0 aliphatic heterocycles. The number of carboxylic acid groups (broad SMARTS) is 1. The third-order valence-corrected chi connectivity index (χ3v) is 8.90. The van der Waals surface area contributed by atoms with Crippen molar-refractivity contribution in [2.24, 2.45) is 5.73 Å². The van der Waals surface area contributed by atoms with Crippen LogP contribution in [-0.2, 0) is 35.1 Å². The van der Waals surface area contributed by atoms with E-state index in [2.05, 4.69) is 20.9 Å². The Labute approximate surface area is 317 Å². The third kappa shape index (κ3) is 9.84. The van der Waals surface area contributed by atoms with Crippen molar-refractivity contribution in [1.82, 2.24) is 25.8 Å². The molecule has 0 spiro atoms. The molecule has 0 aliphatic rings. The number of nitrogens with zero attached hydrogens (tertiary/aromatic N) is 1. The second kappa shape index (κ2) is 17.0. The molecule has 0 unspecified atom stereocenters. The number of H-pyrrole nitrogens is 1. The predicted molar refractivity (Wildman–Crippen MR) is 205 cm³/mol.